The summed E-state index contributed by atoms with van der Waals surface area (Å²) in [6, 6.07) is 21.0. The molecule has 0 aliphatic rings. The first-order valence-electron chi connectivity index (χ1n) is 10.3. The maximum absolute atomic E-state index is 12.5. The number of hydrogen-bond acceptors (Lipinski definition) is 4. The van der Waals surface area contributed by atoms with Crippen molar-refractivity contribution in [1.82, 2.24) is 4.98 Å². The molecule has 1 N–H and O–H groups in total. The van der Waals surface area contributed by atoms with Crippen LogP contribution in [0.2, 0.25) is 0 Å². The van der Waals surface area contributed by atoms with E-state index in [1.54, 1.807) is 6.08 Å². The Morgan fingerprint density at radius 1 is 1.10 bits per heavy atom. The van der Waals surface area contributed by atoms with Gasteiger partial charge < -0.3 is 14.5 Å². The molecule has 5 nitrogen and oxygen atoms in total. The van der Waals surface area contributed by atoms with Crippen LogP contribution in [0.4, 0.5) is 5.69 Å². The number of oxazole rings is 1. The van der Waals surface area contributed by atoms with Gasteiger partial charge in [-0.05, 0) is 66.9 Å². The summed E-state index contributed by atoms with van der Waals surface area (Å²) < 4.78 is 11.5. The van der Waals surface area contributed by atoms with Gasteiger partial charge in [0.25, 0.3) is 0 Å². The van der Waals surface area contributed by atoms with Crippen LogP contribution >= 0.6 is 0 Å². The fourth-order valence-electron chi connectivity index (χ4n) is 3.17. The summed E-state index contributed by atoms with van der Waals surface area (Å²) in [6.45, 7) is 4.77. The Balaban J connectivity index is 1.49. The van der Waals surface area contributed by atoms with Crippen molar-refractivity contribution in [2.75, 3.05) is 11.9 Å². The second kappa shape index (κ2) is 9.30. The highest BCUT2D eigenvalue weighted by atomic mass is 16.5. The van der Waals surface area contributed by atoms with Crippen molar-refractivity contribution in [1.29, 1.82) is 0 Å². The zero-order valence-corrected chi connectivity index (χ0v) is 17.6. The Morgan fingerprint density at radius 2 is 1.90 bits per heavy atom. The molecule has 0 radical (unpaired) electrons. The molecule has 31 heavy (non-hydrogen) atoms. The highest BCUT2D eigenvalue weighted by Crippen LogP contribution is 2.30. The van der Waals surface area contributed by atoms with E-state index in [0.717, 1.165) is 34.4 Å². The summed E-state index contributed by atoms with van der Waals surface area (Å²) in [5, 5.41) is 2.92. The Morgan fingerprint density at radius 3 is 2.71 bits per heavy atom. The number of carbonyl (C=O) groups excluding carboxylic acids is 1. The predicted molar refractivity (Wildman–Crippen MR) is 124 cm³/mol. The summed E-state index contributed by atoms with van der Waals surface area (Å²) in [4.78, 5) is 17.1. The van der Waals surface area contributed by atoms with Crippen LogP contribution in [0.3, 0.4) is 0 Å². The van der Waals surface area contributed by atoms with Crippen molar-refractivity contribution >= 4 is 28.8 Å². The lowest BCUT2D eigenvalue weighted by atomic mass is 10.1. The quantitative estimate of drug-likeness (QED) is 0.365. The van der Waals surface area contributed by atoms with Gasteiger partial charge in [-0.15, -0.1) is 0 Å². The van der Waals surface area contributed by atoms with Crippen molar-refractivity contribution in [3.63, 3.8) is 0 Å². The van der Waals surface area contributed by atoms with Gasteiger partial charge in [0, 0.05) is 6.08 Å². The highest BCUT2D eigenvalue weighted by Gasteiger charge is 2.13. The molecule has 0 saturated heterocycles. The number of rotatable bonds is 7. The first-order valence-corrected chi connectivity index (χ1v) is 10.3. The lowest BCUT2D eigenvalue weighted by Crippen LogP contribution is -2.08. The van der Waals surface area contributed by atoms with E-state index >= 15 is 0 Å². The van der Waals surface area contributed by atoms with Crippen LogP contribution in [0, 0.1) is 6.92 Å². The van der Waals surface area contributed by atoms with Crippen molar-refractivity contribution < 1.29 is 13.9 Å². The number of carbonyl (C=O) groups is 1. The van der Waals surface area contributed by atoms with E-state index in [1.165, 1.54) is 6.08 Å². The van der Waals surface area contributed by atoms with Crippen molar-refractivity contribution in [3.8, 4) is 17.2 Å². The van der Waals surface area contributed by atoms with Crippen molar-refractivity contribution in [3.05, 3.63) is 83.9 Å². The second-order valence-corrected chi connectivity index (χ2v) is 7.28. The molecule has 4 aromatic rings. The zero-order chi connectivity index (χ0) is 21.6. The lowest BCUT2D eigenvalue weighted by Gasteiger charge is -2.07. The molecule has 156 valence electrons. The smallest absolute Gasteiger partial charge is 0.248 e. The van der Waals surface area contributed by atoms with Gasteiger partial charge in [0.15, 0.2) is 5.58 Å². The minimum absolute atomic E-state index is 0.231. The third kappa shape index (κ3) is 5.01. The van der Waals surface area contributed by atoms with E-state index in [4.69, 9.17) is 9.15 Å². The molecule has 0 bridgehead atoms. The summed E-state index contributed by atoms with van der Waals surface area (Å²) in [7, 11) is 0. The number of benzene rings is 3. The maximum Gasteiger partial charge on any atom is 0.248 e. The standard InChI is InChI=1S/C26H24N2O3/c1-3-16-30-20-12-9-19(10-13-20)11-15-25(29)27-22-7-5-4-6-21(22)26-28-23-17-18(2)8-14-24(23)31-26/h4-15,17H,3,16H2,1-2H3,(H,27,29). The molecule has 0 unspecified atom stereocenters. The number of para-hydroxylation sites is 1. The number of aryl methyl sites for hydroxylation is 1. The number of aromatic nitrogens is 1. The Bertz CT molecular complexity index is 1220. The van der Waals surface area contributed by atoms with Gasteiger partial charge in [0.1, 0.15) is 11.3 Å². The predicted octanol–water partition coefficient (Wildman–Crippen LogP) is 6.24. The number of amides is 1. The molecule has 0 aliphatic carbocycles. The molecule has 3 aromatic carbocycles. The number of hydrogen-bond donors (Lipinski definition) is 1. The van der Waals surface area contributed by atoms with Crippen LogP contribution in [0.5, 0.6) is 5.75 Å². The van der Waals surface area contributed by atoms with Crippen molar-refractivity contribution in [2.24, 2.45) is 0 Å². The number of nitrogens with zero attached hydrogens (tertiary/aromatic N) is 1. The molecule has 0 atom stereocenters. The maximum atomic E-state index is 12.5. The SMILES string of the molecule is CCCOc1ccc(C=CC(=O)Nc2ccccc2-c2nc3cc(C)ccc3o2)cc1. The molecular weight excluding hydrogens is 388 g/mol. The van der Waals surface area contributed by atoms with Gasteiger partial charge >= 0.3 is 0 Å². The highest BCUT2D eigenvalue weighted by molar-refractivity contribution is 6.04. The van der Waals surface area contributed by atoms with E-state index in [-0.39, 0.29) is 5.91 Å². The topological polar surface area (TPSA) is 64.4 Å². The van der Waals surface area contributed by atoms with Gasteiger partial charge in [-0.1, -0.05) is 37.3 Å². The van der Waals surface area contributed by atoms with E-state index < -0.39 is 0 Å². The van der Waals surface area contributed by atoms with Gasteiger partial charge in [0.2, 0.25) is 11.8 Å². The number of ether oxygens (including phenoxy) is 1. The molecule has 0 saturated carbocycles. The van der Waals surface area contributed by atoms with Crippen LogP contribution in [0.25, 0.3) is 28.6 Å². The monoisotopic (exact) mass is 412 g/mol. The normalized spacial score (nSPS) is 11.2. The fraction of sp³-hybridized carbons (Fsp3) is 0.154. The lowest BCUT2D eigenvalue weighted by molar-refractivity contribution is -0.111. The first kappa shape index (κ1) is 20.4. The molecule has 1 heterocycles. The number of anilines is 1. The summed E-state index contributed by atoms with van der Waals surface area (Å²) in [5.41, 5.74) is 4.92. The minimum atomic E-state index is -0.231. The van der Waals surface area contributed by atoms with E-state index in [0.29, 0.717) is 23.8 Å². The van der Waals surface area contributed by atoms with E-state index in [9.17, 15) is 4.79 Å². The van der Waals surface area contributed by atoms with Crippen LogP contribution in [0.15, 0.2) is 77.2 Å². The summed E-state index contributed by atoms with van der Waals surface area (Å²) in [6.07, 6.45) is 4.24. The fourth-order valence-corrected chi connectivity index (χ4v) is 3.17. The zero-order valence-electron chi connectivity index (χ0n) is 17.6. The number of nitrogens with one attached hydrogen (secondary N) is 1. The first-order chi connectivity index (χ1) is 15.1. The van der Waals surface area contributed by atoms with Crippen LogP contribution < -0.4 is 10.1 Å². The molecule has 1 amide bonds. The van der Waals surface area contributed by atoms with E-state index in [1.807, 2.05) is 73.7 Å². The third-order valence-electron chi connectivity index (χ3n) is 4.74. The van der Waals surface area contributed by atoms with Crippen LogP contribution in [-0.2, 0) is 4.79 Å². The van der Waals surface area contributed by atoms with Gasteiger partial charge in [-0.3, -0.25) is 4.79 Å². The summed E-state index contributed by atoms with van der Waals surface area (Å²) in [5.74, 6) is 1.07. The van der Waals surface area contributed by atoms with Crippen LogP contribution in [0.1, 0.15) is 24.5 Å². The Hall–Kier alpha value is -3.86. The number of fused-ring (bicyclic) bond motifs is 1. The molecule has 0 aliphatic heterocycles. The molecule has 5 heteroatoms. The molecule has 4 rings (SSSR count). The second-order valence-electron chi connectivity index (χ2n) is 7.28. The van der Waals surface area contributed by atoms with Gasteiger partial charge in [-0.25, -0.2) is 4.98 Å². The van der Waals surface area contributed by atoms with Gasteiger partial charge in [-0.2, -0.15) is 0 Å². The average molecular weight is 412 g/mol. The van der Waals surface area contributed by atoms with Gasteiger partial charge in [0.05, 0.1) is 17.9 Å². The van der Waals surface area contributed by atoms with E-state index in [2.05, 4.69) is 17.2 Å². The van der Waals surface area contributed by atoms with Crippen LogP contribution in [-0.4, -0.2) is 17.5 Å². The molecule has 0 fully saturated rings. The summed E-state index contributed by atoms with van der Waals surface area (Å²) >= 11 is 0. The Kier molecular flexibility index (Phi) is 6.13. The third-order valence-corrected chi connectivity index (χ3v) is 4.74. The largest absolute Gasteiger partial charge is 0.494 e. The minimum Gasteiger partial charge on any atom is -0.494 e. The molecule has 0 spiro atoms. The van der Waals surface area contributed by atoms with Crippen molar-refractivity contribution in [2.45, 2.75) is 20.3 Å². The average Bonchev–Trinajstić information content (AvgIpc) is 3.20. The molecule has 1 aromatic heterocycles. The Labute approximate surface area is 181 Å². The molecular formula is C26H24N2O3.